The predicted octanol–water partition coefficient (Wildman–Crippen LogP) is 4.13. The van der Waals surface area contributed by atoms with Crippen LogP contribution in [0.3, 0.4) is 0 Å². The zero-order valence-electron chi connectivity index (χ0n) is 11.9. The normalized spacial score (nSPS) is 36.8. The number of anilines is 1. The van der Waals surface area contributed by atoms with Crippen LogP contribution in [0, 0.1) is 29.6 Å². The first-order chi connectivity index (χ1) is 10.1. The summed E-state index contributed by atoms with van der Waals surface area (Å²) >= 11 is 5.86. The van der Waals surface area contributed by atoms with Crippen LogP contribution in [-0.4, -0.2) is 11.1 Å². The molecule has 0 spiro atoms. The van der Waals surface area contributed by atoms with Crippen LogP contribution in [0.1, 0.15) is 32.1 Å². The van der Waals surface area contributed by atoms with Crippen molar-refractivity contribution < 1.29 is 10.0 Å². The molecule has 4 bridgehead atoms. The molecule has 0 unspecified atom stereocenters. The van der Waals surface area contributed by atoms with Crippen LogP contribution in [0.4, 0.5) is 5.69 Å². The molecule has 0 aromatic heterocycles. The van der Waals surface area contributed by atoms with Crippen LogP contribution >= 0.6 is 11.6 Å². The Morgan fingerprint density at radius 2 is 1.52 bits per heavy atom. The Bertz CT molecular complexity index is 528. The topological polar surface area (TPSA) is 40.5 Å². The molecule has 0 heterocycles. The largest absolute Gasteiger partial charge is 0.281 e. The molecule has 4 heteroatoms. The number of carbonyl (C=O) groups is 1. The minimum absolute atomic E-state index is 0.0125. The first-order valence-corrected chi connectivity index (χ1v) is 8.28. The zero-order chi connectivity index (χ0) is 14.6. The third kappa shape index (κ3) is 2.27. The minimum atomic E-state index is -0.119. The molecule has 0 aliphatic heterocycles. The summed E-state index contributed by atoms with van der Waals surface area (Å²) in [7, 11) is 0. The van der Waals surface area contributed by atoms with Crippen LogP contribution in [0.25, 0.3) is 0 Å². The predicted molar refractivity (Wildman–Crippen MR) is 81.3 cm³/mol. The molecule has 1 aromatic carbocycles. The fraction of sp³-hybridized carbons (Fsp3) is 0.588. The lowest BCUT2D eigenvalue weighted by Gasteiger charge is -2.53. The van der Waals surface area contributed by atoms with Crippen molar-refractivity contribution in [3.05, 3.63) is 29.3 Å². The van der Waals surface area contributed by atoms with E-state index in [1.165, 1.54) is 32.1 Å². The molecular formula is C17H20ClNO2. The van der Waals surface area contributed by atoms with Gasteiger partial charge in [-0.1, -0.05) is 11.6 Å². The monoisotopic (exact) mass is 305 g/mol. The summed E-state index contributed by atoms with van der Waals surface area (Å²) in [5.41, 5.74) is 0.512. The molecule has 0 atom stereocenters. The molecule has 5 rings (SSSR count). The molecule has 4 saturated carbocycles. The minimum Gasteiger partial charge on any atom is -0.281 e. The fourth-order valence-corrected chi connectivity index (χ4v) is 5.31. The van der Waals surface area contributed by atoms with Crippen LogP contribution in [-0.2, 0) is 4.79 Å². The Morgan fingerprint density at radius 3 is 2.05 bits per heavy atom. The van der Waals surface area contributed by atoms with Gasteiger partial charge in [0.1, 0.15) is 0 Å². The molecule has 0 saturated heterocycles. The molecule has 4 aliphatic rings. The van der Waals surface area contributed by atoms with E-state index in [9.17, 15) is 10.0 Å². The van der Waals surface area contributed by atoms with Crippen molar-refractivity contribution >= 4 is 23.2 Å². The van der Waals surface area contributed by atoms with E-state index in [1.807, 2.05) is 0 Å². The van der Waals surface area contributed by atoms with Crippen molar-refractivity contribution in [1.82, 2.24) is 0 Å². The molecule has 4 fully saturated rings. The number of halogens is 1. The van der Waals surface area contributed by atoms with Crippen molar-refractivity contribution in [2.45, 2.75) is 32.1 Å². The average Bonchev–Trinajstić information content (AvgIpc) is 2.46. The fourth-order valence-electron chi connectivity index (χ4n) is 5.18. The highest BCUT2D eigenvalue weighted by Crippen LogP contribution is 2.56. The third-order valence-electron chi connectivity index (χ3n) is 5.79. The van der Waals surface area contributed by atoms with E-state index in [2.05, 4.69) is 0 Å². The third-order valence-corrected chi connectivity index (χ3v) is 6.04. The van der Waals surface area contributed by atoms with E-state index < -0.39 is 0 Å². The van der Waals surface area contributed by atoms with Crippen LogP contribution < -0.4 is 5.06 Å². The molecule has 1 N–H and O–H groups in total. The number of hydroxylamine groups is 1. The van der Waals surface area contributed by atoms with Gasteiger partial charge in [-0.25, -0.2) is 0 Å². The Balaban J connectivity index is 1.55. The van der Waals surface area contributed by atoms with Gasteiger partial charge >= 0.3 is 0 Å². The standard InChI is InChI=1S/C17H20ClNO2/c18-14-1-3-15(4-2-14)19(21)17(20)16-12-6-10-5-11(8-12)9-13(16)7-10/h1-4,10-13,16,21H,5-9H2. The number of carbonyl (C=O) groups excluding carboxylic acids is 1. The van der Waals surface area contributed by atoms with Gasteiger partial charge in [0.15, 0.2) is 0 Å². The quantitative estimate of drug-likeness (QED) is 0.659. The number of rotatable bonds is 2. The van der Waals surface area contributed by atoms with Crippen molar-refractivity contribution in [1.29, 1.82) is 0 Å². The second kappa shape index (κ2) is 4.99. The summed E-state index contributed by atoms with van der Waals surface area (Å²) in [5.74, 6) is 2.52. The van der Waals surface area contributed by atoms with E-state index in [0.29, 0.717) is 22.5 Å². The van der Waals surface area contributed by atoms with Crippen molar-refractivity contribution in [3.63, 3.8) is 0 Å². The van der Waals surface area contributed by atoms with E-state index in [4.69, 9.17) is 11.6 Å². The van der Waals surface area contributed by atoms with Crippen molar-refractivity contribution in [3.8, 4) is 0 Å². The van der Waals surface area contributed by atoms with Gasteiger partial charge in [0.05, 0.1) is 5.69 Å². The summed E-state index contributed by atoms with van der Waals surface area (Å²) in [6.45, 7) is 0. The number of benzene rings is 1. The molecular weight excluding hydrogens is 286 g/mol. The molecule has 4 aliphatic carbocycles. The smallest absolute Gasteiger partial charge is 0.254 e. The van der Waals surface area contributed by atoms with Gasteiger partial charge in [0.25, 0.3) is 5.91 Å². The SMILES string of the molecule is O=C(C1C2CC3CC(C2)CC1C3)N(O)c1ccc(Cl)cc1. The van der Waals surface area contributed by atoms with Crippen LogP contribution in [0.2, 0.25) is 5.02 Å². The van der Waals surface area contributed by atoms with E-state index in [0.717, 1.165) is 16.9 Å². The van der Waals surface area contributed by atoms with E-state index >= 15 is 0 Å². The van der Waals surface area contributed by atoms with Crippen LogP contribution in [0.5, 0.6) is 0 Å². The van der Waals surface area contributed by atoms with Gasteiger partial charge in [-0.3, -0.25) is 10.0 Å². The van der Waals surface area contributed by atoms with Gasteiger partial charge in [0, 0.05) is 10.9 Å². The summed E-state index contributed by atoms with van der Waals surface area (Å²) < 4.78 is 0. The maximum Gasteiger partial charge on any atom is 0.254 e. The lowest BCUT2D eigenvalue weighted by Crippen LogP contribution is -2.51. The molecule has 112 valence electrons. The molecule has 0 radical (unpaired) electrons. The Morgan fingerprint density at radius 1 is 1.00 bits per heavy atom. The van der Waals surface area contributed by atoms with Gasteiger partial charge in [-0.2, -0.15) is 5.06 Å². The second-order valence-electron chi connectivity index (χ2n) is 7.08. The van der Waals surface area contributed by atoms with Gasteiger partial charge in [-0.05, 0) is 80.0 Å². The lowest BCUT2D eigenvalue weighted by atomic mass is 9.51. The number of amides is 1. The van der Waals surface area contributed by atoms with Crippen LogP contribution in [0.15, 0.2) is 24.3 Å². The number of hydrogen-bond donors (Lipinski definition) is 1. The highest BCUT2D eigenvalue weighted by molar-refractivity contribution is 6.30. The van der Waals surface area contributed by atoms with E-state index in [1.54, 1.807) is 24.3 Å². The molecule has 1 amide bonds. The highest BCUT2D eigenvalue weighted by Gasteiger charge is 2.51. The first kappa shape index (κ1) is 13.6. The Hall–Kier alpha value is -1.06. The van der Waals surface area contributed by atoms with Gasteiger partial charge in [-0.15, -0.1) is 0 Å². The number of nitrogens with zero attached hydrogens (tertiary/aromatic N) is 1. The van der Waals surface area contributed by atoms with E-state index in [-0.39, 0.29) is 11.8 Å². The number of hydrogen-bond acceptors (Lipinski definition) is 2. The molecule has 1 aromatic rings. The summed E-state index contributed by atoms with van der Waals surface area (Å²) in [5, 5.41) is 11.8. The summed E-state index contributed by atoms with van der Waals surface area (Å²) in [6.07, 6.45) is 6.08. The molecule has 3 nitrogen and oxygen atoms in total. The lowest BCUT2D eigenvalue weighted by molar-refractivity contribution is -0.140. The first-order valence-electron chi connectivity index (χ1n) is 7.90. The Kier molecular flexibility index (Phi) is 3.23. The Labute approximate surface area is 129 Å². The van der Waals surface area contributed by atoms with Crippen molar-refractivity contribution in [2.75, 3.05) is 5.06 Å². The highest BCUT2D eigenvalue weighted by atomic mass is 35.5. The summed E-state index contributed by atoms with van der Waals surface area (Å²) in [6, 6.07) is 6.78. The second-order valence-corrected chi connectivity index (χ2v) is 7.52. The maximum atomic E-state index is 12.8. The van der Waals surface area contributed by atoms with Crippen molar-refractivity contribution in [2.24, 2.45) is 29.6 Å². The average molecular weight is 306 g/mol. The molecule has 21 heavy (non-hydrogen) atoms. The summed E-state index contributed by atoms with van der Waals surface area (Å²) in [4.78, 5) is 12.8. The van der Waals surface area contributed by atoms with Gasteiger partial charge < -0.3 is 0 Å². The zero-order valence-corrected chi connectivity index (χ0v) is 12.7. The van der Waals surface area contributed by atoms with Gasteiger partial charge in [0.2, 0.25) is 0 Å². The maximum absolute atomic E-state index is 12.8.